The van der Waals surface area contributed by atoms with E-state index in [9.17, 15) is 9.59 Å². The number of carbonyl (C=O) groups is 2. The van der Waals surface area contributed by atoms with Crippen LogP contribution in [0.15, 0.2) is 30.3 Å². The van der Waals surface area contributed by atoms with Crippen molar-refractivity contribution in [3.63, 3.8) is 0 Å². The van der Waals surface area contributed by atoms with Crippen molar-refractivity contribution in [2.45, 2.75) is 64.5 Å². The lowest BCUT2D eigenvalue weighted by molar-refractivity contribution is -0.129. The summed E-state index contributed by atoms with van der Waals surface area (Å²) in [7, 11) is 1.63. The van der Waals surface area contributed by atoms with Gasteiger partial charge in [0.15, 0.2) is 0 Å². The summed E-state index contributed by atoms with van der Waals surface area (Å²) in [6.45, 7) is 8.26. The second-order valence-corrected chi connectivity index (χ2v) is 10.4. The van der Waals surface area contributed by atoms with Crippen molar-refractivity contribution in [3.8, 4) is 11.5 Å². The maximum absolute atomic E-state index is 13.9. The number of ether oxygens (including phenoxy) is 2. The van der Waals surface area contributed by atoms with Gasteiger partial charge in [-0.05, 0) is 81.1 Å². The van der Waals surface area contributed by atoms with E-state index in [0.29, 0.717) is 37.2 Å². The Morgan fingerprint density at radius 1 is 1.03 bits per heavy atom. The van der Waals surface area contributed by atoms with Crippen LogP contribution >= 0.6 is 0 Å². The Morgan fingerprint density at radius 2 is 1.81 bits per heavy atom. The van der Waals surface area contributed by atoms with Gasteiger partial charge in [0.05, 0.1) is 7.11 Å². The lowest BCUT2D eigenvalue weighted by Gasteiger charge is -2.43. The number of aryl methyl sites for hydroxylation is 2. The Hall–Kier alpha value is -3.06. The van der Waals surface area contributed by atoms with Gasteiger partial charge in [-0.3, -0.25) is 14.5 Å². The molecule has 192 valence electrons. The van der Waals surface area contributed by atoms with Crippen molar-refractivity contribution < 1.29 is 19.1 Å². The van der Waals surface area contributed by atoms with Crippen molar-refractivity contribution >= 4 is 17.5 Å². The summed E-state index contributed by atoms with van der Waals surface area (Å²) in [6, 6.07) is 9.57. The molecule has 0 unspecified atom stereocenters. The average Bonchev–Trinajstić information content (AvgIpc) is 3.19. The molecule has 2 aromatic carbocycles. The van der Waals surface area contributed by atoms with E-state index in [2.05, 4.69) is 10.2 Å². The topological polar surface area (TPSA) is 71.1 Å². The van der Waals surface area contributed by atoms with Gasteiger partial charge in [0.1, 0.15) is 23.6 Å². The van der Waals surface area contributed by atoms with Crippen LogP contribution in [0.4, 0.5) is 5.69 Å². The number of likely N-dealkylation sites (tertiary alicyclic amines) is 1. The molecule has 0 spiro atoms. The molecule has 7 nitrogen and oxygen atoms in total. The number of methoxy groups -OCH3 is 1. The van der Waals surface area contributed by atoms with Gasteiger partial charge in [0, 0.05) is 30.4 Å². The van der Waals surface area contributed by atoms with Gasteiger partial charge >= 0.3 is 0 Å². The molecule has 2 aromatic rings. The summed E-state index contributed by atoms with van der Waals surface area (Å²) in [6.07, 6.45) is 5.52. The maximum atomic E-state index is 13.9. The number of rotatable bonds is 8. The summed E-state index contributed by atoms with van der Waals surface area (Å²) in [5.74, 6) is 1.28. The molecule has 0 atom stereocenters. The van der Waals surface area contributed by atoms with Crippen molar-refractivity contribution in [3.05, 3.63) is 52.6 Å². The van der Waals surface area contributed by atoms with Crippen molar-refractivity contribution in [2.24, 2.45) is 0 Å². The molecule has 0 radical (unpaired) electrons. The lowest BCUT2D eigenvalue weighted by atomic mass is 9.79. The molecule has 1 saturated carbocycles. The standard InChI is InChI=1S/C29H37N3O4/c1-20-8-9-22(17-26(20)35-3)30-28(34)29(10-5-4-6-11-29)32-19-25-21(2)16-23(18-24(25)27(32)33)36-15-14-31-12-7-13-31/h8-9,16-18H,4-7,10-15,19H2,1-3H3,(H,30,34). The number of nitrogens with zero attached hydrogens (tertiary/aromatic N) is 2. The number of benzene rings is 2. The van der Waals surface area contributed by atoms with E-state index in [0.717, 1.165) is 67.1 Å². The van der Waals surface area contributed by atoms with E-state index in [1.54, 1.807) is 7.11 Å². The normalized spacial score (nSPS) is 19.0. The molecule has 2 amide bonds. The van der Waals surface area contributed by atoms with E-state index < -0.39 is 5.54 Å². The monoisotopic (exact) mass is 491 g/mol. The average molecular weight is 492 g/mol. The quantitative estimate of drug-likeness (QED) is 0.580. The first-order valence-corrected chi connectivity index (χ1v) is 13.2. The molecule has 7 heteroatoms. The third-order valence-electron chi connectivity index (χ3n) is 8.15. The van der Waals surface area contributed by atoms with Crippen LogP contribution in [0, 0.1) is 13.8 Å². The molecule has 2 fully saturated rings. The number of carbonyl (C=O) groups excluding carboxylic acids is 2. The largest absolute Gasteiger partial charge is 0.496 e. The summed E-state index contributed by atoms with van der Waals surface area (Å²) in [4.78, 5) is 31.9. The Balaban J connectivity index is 1.37. The molecule has 0 bridgehead atoms. The fourth-order valence-electron chi connectivity index (χ4n) is 5.79. The van der Waals surface area contributed by atoms with Gasteiger partial charge in [-0.25, -0.2) is 0 Å². The van der Waals surface area contributed by atoms with Crippen LogP contribution in [0.5, 0.6) is 11.5 Å². The zero-order chi connectivity index (χ0) is 25.3. The zero-order valence-electron chi connectivity index (χ0n) is 21.7. The molecular weight excluding hydrogens is 454 g/mol. The van der Waals surface area contributed by atoms with Crippen LogP contribution in [-0.2, 0) is 11.3 Å². The van der Waals surface area contributed by atoms with Gasteiger partial charge in [0.2, 0.25) is 5.91 Å². The SMILES string of the molecule is COc1cc(NC(=O)C2(N3Cc4c(C)cc(OCCN5CCC5)cc4C3=O)CCCCC2)ccc1C. The highest BCUT2D eigenvalue weighted by molar-refractivity contribution is 6.06. The van der Waals surface area contributed by atoms with Crippen LogP contribution < -0.4 is 14.8 Å². The van der Waals surface area contributed by atoms with Gasteiger partial charge in [-0.1, -0.05) is 25.3 Å². The molecule has 0 aromatic heterocycles. The van der Waals surface area contributed by atoms with E-state index in [4.69, 9.17) is 9.47 Å². The fourth-order valence-corrected chi connectivity index (χ4v) is 5.79. The van der Waals surface area contributed by atoms with Gasteiger partial charge in [-0.2, -0.15) is 0 Å². The molecular formula is C29H37N3O4. The Bertz CT molecular complexity index is 1150. The number of hydrogen-bond donors (Lipinski definition) is 1. The minimum absolute atomic E-state index is 0.0696. The zero-order valence-corrected chi connectivity index (χ0v) is 21.7. The van der Waals surface area contributed by atoms with Crippen LogP contribution in [0.25, 0.3) is 0 Å². The van der Waals surface area contributed by atoms with Crippen LogP contribution in [0.1, 0.15) is 65.6 Å². The summed E-state index contributed by atoms with van der Waals surface area (Å²) in [5, 5.41) is 3.11. The smallest absolute Gasteiger partial charge is 0.255 e. The molecule has 2 heterocycles. The van der Waals surface area contributed by atoms with Gasteiger partial charge < -0.3 is 19.7 Å². The molecule has 2 aliphatic heterocycles. The minimum Gasteiger partial charge on any atom is -0.496 e. The molecule has 5 rings (SSSR count). The number of hydrogen-bond acceptors (Lipinski definition) is 5. The van der Waals surface area contributed by atoms with Crippen molar-refractivity contribution in [1.29, 1.82) is 0 Å². The third kappa shape index (κ3) is 4.57. The van der Waals surface area contributed by atoms with Gasteiger partial charge in [-0.15, -0.1) is 0 Å². The second-order valence-electron chi connectivity index (χ2n) is 10.4. The fraction of sp³-hybridized carbons (Fsp3) is 0.517. The highest BCUT2D eigenvalue weighted by Gasteiger charge is 2.50. The predicted molar refractivity (Wildman–Crippen MR) is 140 cm³/mol. The molecule has 1 N–H and O–H groups in total. The highest BCUT2D eigenvalue weighted by atomic mass is 16.5. The summed E-state index contributed by atoms with van der Waals surface area (Å²) < 4.78 is 11.5. The maximum Gasteiger partial charge on any atom is 0.255 e. The Labute approximate surface area is 213 Å². The Kier molecular flexibility index (Phi) is 6.93. The molecule has 3 aliphatic rings. The number of amides is 2. The van der Waals surface area contributed by atoms with Crippen molar-refractivity contribution in [1.82, 2.24) is 9.80 Å². The number of nitrogens with one attached hydrogen (secondary N) is 1. The first-order chi connectivity index (χ1) is 17.4. The first-order valence-electron chi connectivity index (χ1n) is 13.2. The van der Waals surface area contributed by atoms with Gasteiger partial charge in [0.25, 0.3) is 5.91 Å². The Morgan fingerprint density at radius 3 is 2.50 bits per heavy atom. The highest BCUT2D eigenvalue weighted by Crippen LogP contribution is 2.42. The van der Waals surface area contributed by atoms with Crippen LogP contribution in [0.2, 0.25) is 0 Å². The predicted octanol–water partition coefficient (Wildman–Crippen LogP) is 4.69. The van der Waals surface area contributed by atoms with Crippen LogP contribution in [-0.4, -0.2) is 60.5 Å². The van der Waals surface area contributed by atoms with E-state index in [1.165, 1.54) is 6.42 Å². The summed E-state index contributed by atoms with van der Waals surface area (Å²) in [5.41, 5.74) is 3.54. The lowest BCUT2D eigenvalue weighted by Crippen LogP contribution is -2.58. The third-order valence-corrected chi connectivity index (χ3v) is 8.15. The number of anilines is 1. The van der Waals surface area contributed by atoms with E-state index in [-0.39, 0.29) is 11.8 Å². The molecule has 1 saturated heterocycles. The second kappa shape index (κ2) is 10.1. The summed E-state index contributed by atoms with van der Waals surface area (Å²) >= 11 is 0. The van der Waals surface area contributed by atoms with Crippen LogP contribution in [0.3, 0.4) is 0 Å². The van der Waals surface area contributed by atoms with Crippen molar-refractivity contribution in [2.75, 3.05) is 38.7 Å². The molecule has 36 heavy (non-hydrogen) atoms. The van der Waals surface area contributed by atoms with E-state index in [1.807, 2.05) is 49.1 Å². The first kappa shape index (κ1) is 24.6. The number of fused-ring (bicyclic) bond motifs is 1. The minimum atomic E-state index is -0.864. The molecule has 1 aliphatic carbocycles. The van der Waals surface area contributed by atoms with E-state index >= 15 is 0 Å².